The first-order valence-corrected chi connectivity index (χ1v) is 8.72. The summed E-state index contributed by atoms with van der Waals surface area (Å²) in [4.78, 5) is 18.1. The van der Waals surface area contributed by atoms with Crippen LogP contribution in [0.4, 0.5) is 5.69 Å². The zero-order valence-electron chi connectivity index (χ0n) is 14.6. The number of pyridine rings is 1. The number of carbonyl (C=O) groups is 1. The van der Waals surface area contributed by atoms with Gasteiger partial charge in [-0.2, -0.15) is 0 Å². The molecule has 1 saturated heterocycles. The highest BCUT2D eigenvalue weighted by atomic mass is 16.5. The van der Waals surface area contributed by atoms with Gasteiger partial charge in [0.1, 0.15) is 17.8 Å². The van der Waals surface area contributed by atoms with Gasteiger partial charge in [-0.15, -0.1) is 0 Å². The van der Waals surface area contributed by atoms with E-state index in [9.17, 15) is 9.90 Å². The SMILES string of the molecule is COc1ccc(C=O)cc1-c1cc(O)c2cc(N3CCCC3)ccc2n1. The first-order chi connectivity index (χ1) is 12.7. The Bertz CT molecular complexity index is 978. The van der Waals surface area contributed by atoms with Gasteiger partial charge in [0.25, 0.3) is 0 Å². The van der Waals surface area contributed by atoms with Crippen molar-refractivity contribution in [2.45, 2.75) is 12.8 Å². The molecule has 0 radical (unpaired) electrons. The van der Waals surface area contributed by atoms with Crippen LogP contribution in [0.1, 0.15) is 23.2 Å². The van der Waals surface area contributed by atoms with Crippen molar-refractivity contribution in [1.82, 2.24) is 4.98 Å². The number of fused-ring (bicyclic) bond motifs is 1. The normalized spacial score (nSPS) is 14.0. The van der Waals surface area contributed by atoms with Crippen molar-refractivity contribution in [2.75, 3.05) is 25.1 Å². The van der Waals surface area contributed by atoms with Gasteiger partial charge in [-0.25, -0.2) is 4.98 Å². The van der Waals surface area contributed by atoms with E-state index in [0.717, 1.165) is 30.4 Å². The fourth-order valence-corrected chi connectivity index (χ4v) is 3.51. The molecule has 0 unspecified atom stereocenters. The highest BCUT2D eigenvalue weighted by Crippen LogP contribution is 2.36. The van der Waals surface area contributed by atoms with Gasteiger partial charge in [0.2, 0.25) is 0 Å². The predicted molar refractivity (Wildman–Crippen MR) is 102 cm³/mol. The number of aromatic hydroxyl groups is 1. The summed E-state index contributed by atoms with van der Waals surface area (Å²) in [6, 6.07) is 12.7. The van der Waals surface area contributed by atoms with Crippen molar-refractivity contribution in [2.24, 2.45) is 0 Å². The van der Waals surface area contributed by atoms with Gasteiger partial charge in [0.05, 0.1) is 18.3 Å². The van der Waals surface area contributed by atoms with Crippen LogP contribution in [0, 0.1) is 0 Å². The molecule has 0 amide bonds. The number of hydrogen-bond donors (Lipinski definition) is 1. The number of benzene rings is 2. The van der Waals surface area contributed by atoms with Gasteiger partial charge >= 0.3 is 0 Å². The Morgan fingerprint density at radius 3 is 2.65 bits per heavy atom. The van der Waals surface area contributed by atoms with Crippen LogP contribution in [0.15, 0.2) is 42.5 Å². The average Bonchev–Trinajstić information content (AvgIpc) is 3.22. The van der Waals surface area contributed by atoms with E-state index in [1.165, 1.54) is 12.8 Å². The van der Waals surface area contributed by atoms with Crippen LogP contribution >= 0.6 is 0 Å². The number of aldehydes is 1. The van der Waals surface area contributed by atoms with E-state index >= 15 is 0 Å². The van der Waals surface area contributed by atoms with E-state index in [1.807, 2.05) is 18.2 Å². The summed E-state index contributed by atoms with van der Waals surface area (Å²) in [5, 5.41) is 11.3. The molecule has 0 saturated carbocycles. The van der Waals surface area contributed by atoms with E-state index < -0.39 is 0 Å². The predicted octanol–water partition coefficient (Wildman–Crippen LogP) is 4.03. The highest BCUT2D eigenvalue weighted by Gasteiger charge is 2.16. The third kappa shape index (κ3) is 2.86. The molecule has 3 aromatic rings. The van der Waals surface area contributed by atoms with Gasteiger partial charge in [0, 0.05) is 41.4 Å². The van der Waals surface area contributed by atoms with Gasteiger partial charge < -0.3 is 14.7 Å². The zero-order valence-corrected chi connectivity index (χ0v) is 14.6. The van der Waals surface area contributed by atoms with Crippen LogP contribution in [0.5, 0.6) is 11.5 Å². The molecule has 26 heavy (non-hydrogen) atoms. The first-order valence-electron chi connectivity index (χ1n) is 8.72. The second-order valence-electron chi connectivity index (χ2n) is 6.50. The Morgan fingerprint density at radius 2 is 1.92 bits per heavy atom. The summed E-state index contributed by atoms with van der Waals surface area (Å²) < 4.78 is 5.39. The van der Waals surface area contributed by atoms with Gasteiger partial charge in [-0.1, -0.05) is 0 Å². The molecule has 1 aliphatic heterocycles. The number of hydrogen-bond acceptors (Lipinski definition) is 5. The Hall–Kier alpha value is -3.08. The lowest BCUT2D eigenvalue weighted by Gasteiger charge is -2.18. The largest absolute Gasteiger partial charge is 0.507 e. The topological polar surface area (TPSA) is 62.7 Å². The average molecular weight is 348 g/mol. The third-order valence-corrected chi connectivity index (χ3v) is 4.88. The van der Waals surface area contributed by atoms with Gasteiger partial charge in [-0.05, 0) is 49.2 Å². The van der Waals surface area contributed by atoms with E-state index in [4.69, 9.17) is 4.74 Å². The van der Waals surface area contributed by atoms with Crippen LogP contribution < -0.4 is 9.64 Å². The standard InChI is InChI=1S/C21H20N2O3/c1-26-21-7-4-14(13-24)10-17(21)19-12-20(25)16-11-15(5-6-18(16)22-19)23-8-2-3-9-23/h4-7,10-13H,2-3,8-9H2,1H3,(H,22,25). The Kier molecular flexibility index (Phi) is 4.21. The molecule has 4 rings (SSSR count). The molecule has 0 atom stereocenters. The summed E-state index contributed by atoms with van der Waals surface area (Å²) in [5.41, 5.74) is 3.61. The number of methoxy groups -OCH3 is 1. The molecular weight excluding hydrogens is 328 g/mol. The van der Waals surface area contributed by atoms with E-state index in [2.05, 4.69) is 9.88 Å². The zero-order chi connectivity index (χ0) is 18.1. The molecule has 1 aromatic heterocycles. The molecule has 0 bridgehead atoms. The summed E-state index contributed by atoms with van der Waals surface area (Å²) in [7, 11) is 1.57. The second kappa shape index (κ2) is 6.67. The lowest BCUT2D eigenvalue weighted by molar-refractivity contribution is 0.112. The van der Waals surface area contributed by atoms with E-state index in [-0.39, 0.29) is 5.75 Å². The summed E-state index contributed by atoms with van der Waals surface area (Å²) in [5.74, 6) is 0.778. The number of rotatable bonds is 4. The number of anilines is 1. The second-order valence-corrected chi connectivity index (χ2v) is 6.50. The molecule has 5 heteroatoms. The Balaban J connectivity index is 1.83. The van der Waals surface area contributed by atoms with E-state index in [0.29, 0.717) is 28.1 Å². The molecule has 0 spiro atoms. The number of carbonyl (C=O) groups excluding carboxylic acids is 1. The van der Waals surface area contributed by atoms with E-state index in [1.54, 1.807) is 31.4 Å². The summed E-state index contributed by atoms with van der Waals surface area (Å²) in [6.07, 6.45) is 3.19. The van der Waals surface area contributed by atoms with Crippen molar-refractivity contribution in [3.05, 3.63) is 48.0 Å². The van der Waals surface area contributed by atoms with Crippen molar-refractivity contribution in [1.29, 1.82) is 0 Å². The third-order valence-electron chi connectivity index (χ3n) is 4.88. The molecule has 1 N–H and O–H groups in total. The number of aromatic nitrogens is 1. The lowest BCUT2D eigenvalue weighted by atomic mass is 10.0. The molecule has 1 fully saturated rings. The van der Waals surface area contributed by atoms with Crippen molar-refractivity contribution in [3.8, 4) is 22.8 Å². The van der Waals surface area contributed by atoms with Crippen LogP contribution in [-0.4, -0.2) is 36.6 Å². The monoisotopic (exact) mass is 348 g/mol. The van der Waals surface area contributed by atoms with Crippen molar-refractivity contribution < 1.29 is 14.6 Å². The maximum atomic E-state index is 11.1. The maximum Gasteiger partial charge on any atom is 0.150 e. The Morgan fingerprint density at radius 1 is 1.12 bits per heavy atom. The molecule has 1 aliphatic rings. The minimum absolute atomic E-state index is 0.171. The molecule has 0 aliphatic carbocycles. The highest BCUT2D eigenvalue weighted by molar-refractivity contribution is 5.91. The first kappa shape index (κ1) is 16.4. The molecule has 2 heterocycles. The summed E-state index contributed by atoms with van der Waals surface area (Å²) in [6.45, 7) is 2.10. The van der Waals surface area contributed by atoms with Gasteiger partial charge in [0.15, 0.2) is 0 Å². The van der Waals surface area contributed by atoms with Crippen molar-refractivity contribution >= 4 is 22.9 Å². The van der Waals surface area contributed by atoms with Crippen LogP contribution in [0.2, 0.25) is 0 Å². The lowest BCUT2D eigenvalue weighted by Crippen LogP contribution is -2.17. The van der Waals surface area contributed by atoms with Crippen LogP contribution in [0.25, 0.3) is 22.2 Å². The molecule has 2 aromatic carbocycles. The van der Waals surface area contributed by atoms with Gasteiger partial charge in [-0.3, -0.25) is 4.79 Å². The van der Waals surface area contributed by atoms with Crippen LogP contribution in [0.3, 0.4) is 0 Å². The van der Waals surface area contributed by atoms with Crippen molar-refractivity contribution in [3.63, 3.8) is 0 Å². The minimum atomic E-state index is 0.171. The molecule has 5 nitrogen and oxygen atoms in total. The van der Waals surface area contributed by atoms with Crippen LogP contribution in [-0.2, 0) is 0 Å². The fourth-order valence-electron chi connectivity index (χ4n) is 3.51. The molecule has 132 valence electrons. The fraction of sp³-hybridized carbons (Fsp3) is 0.238. The Labute approximate surface area is 151 Å². The maximum absolute atomic E-state index is 11.1. The molecular formula is C21H20N2O3. The minimum Gasteiger partial charge on any atom is -0.507 e. The summed E-state index contributed by atoms with van der Waals surface area (Å²) >= 11 is 0. The number of ether oxygens (including phenoxy) is 1. The smallest absolute Gasteiger partial charge is 0.150 e. The quantitative estimate of drug-likeness (QED) is 0.721. The number of nitrogens with zero attached hydrogens (tertiary/aromatic N) is 2.